The number of rotatable bonds is 9. The number of urea groups is 1. The molecule has 0 atom stereocenters. The Kier molecular flexibility index (Phi) is 7.71. The largest absolute Gasteiger partial charge is 0.492 e. The minimum absolute atomic E-state index is 0.175. The molecule has 0 heterocycles. The fourth-order valence-corrected chi connectivity index (χ4v) is 1.80. The number of hydrogen-bond donors (Lipinski definition) is 3. The van der Waals surface area contributed by atoms with Gasteiger partial charge < -0.3 is 20.5 Å². The van der Waals surface area contributed by atoms with Gasteiger partial charge in [-0.1, -0.05) is 18.6 Å². The lowest BCUT2D eigenvalue weighted by molar-refractivity contribution is -0.137. The average molecular weight is 294 g/mol. The van der Waals surface area contributed by atoms with Crippen molar-refractivity contribution >= 4 is 17.7 Å². The molecule has 21 heavy (non-hydrogen) atoms. The number of carboxylic acids is 1. The molecular formula is C15H22N2O4. The third kappa shape index (κ3) is 7.20. The number of ether oxygens (including phenoxy) is 1. The normalized spacial score (nSPS) is 9.95. The zero-order chi connectivity index (χ0) is 15.5. The smallest absolute Gasteiger partial charge is 0.319 e. The van der Waals surface area contributed by atoms with E-state index < -0.39 is 5.97 Å². The molecule has 0 aliphatic rings. The van der Waals surface area contributed by atoms with Gasteiger partial charge in [-0.05, 0) is 31.9 Å². The number of para-hydroxylation sites is 2. The summed E-state index contributed by atoms with van der Waals surface area (Å²) in [5, 5.41) is 14.0. The number of anilines is 1. The molecule has 0 aliphatic carbocycles. The number of nitrogens with one attached hydrogen (secondary N) is 2. The molecule has 0 fully saturated rings. The van der Waals surface area contributed by atoms with Gasteiger partial charge in [0.05, 0.1) is 12.3 Å². The highest BCUT2D eigenvalue weighted by Gasteiger charge is 2.06. The summed E-state index contributed by atoms with van der Waals surface area (Å²) in [6, 6.07) is 6.95. The maximum Gasteiger partial charge on any atom is 0.319 e. The fraction of sp³-hybridized carbons (Fsp3) is 0.467. The number of carbonyl (C=O) groups excluding carboxylic acids is 1. The summed E-state index contributed by atoms with van der Waals surface area (Å²) in [7, 11) is 0. The number of carbonyl (C=O) groups is 2. The summed E-state index contributed by atoms with van der Waals surface area (Å²) >= 11 is 0. The van der Waals surface area contributed by atoms with Gasteiger partial charge in [0.25, 0.3) is 0 Å². The molecule has 0 saturated carbocycles. The highest BCUT2D eigenvalue weighted by Crippen LogP contribution is 2.23. The predicted molar refractivity (Wildman–Crippen MR) is 80.7 cm³/mol. The van der Waals surface area contributed by atoms with Crippen LogP contribution in [0.2, 0.25) is 0 Å². The zero-order valence-electron chi connectivity index (χ0n) is 12.2. The molecule has 2 amide bonds. The van der Waals surface area contributed by atoms with Crippen molar-refractivity contribution in [3.63, 3.8) is 0 Å². The van der Waals surface area contributed by atoms with Crippen molar-refractivity contribution in [3.8, 4) is 5.75 Å². The van der Waals surface area contributed by atoms with E-state index in [4.69, 9.17) is 9.84 Å². The Morgan fingerprint density at radius 3 is 2.67 bits per heavy atom. The number of hydrogen-bond acceptors (Lipinski definition) is 3. The number of unbranched alkanes of at least 4 members (excludes halogenated alkanes) is 2. The molecule has 1 rings (SSSR count). The van der Waals surface area contributed by atoms with Crippen molar-refractivity contribution in [2.24, 2.45) is 0 Å². The van der Waals surface area contributed by atoms with E-state index in [-0.39, 0.29) is 12.5 Å². The van der Waals surface area contributed by atoms with Crippen LogP contribution in [0, 0.1) is 0 Å². The second kappa shape index (κ2) is 9.63. The maximum atomic E-state index is 11.7. The number of carboxylic acid groups (broad SMARTS) is 1. The van der Waals surface area contributed by atoms with E-state index in [1.807, 2.05) is 19.1 Å². The highest BCUT2D eigenvalue weighted by molar-refractivity contribution is 5.90. The summed E-state index contributed by atoms with van der Waals surface area (Å²) in [5.41, 5.74) is 0.628. The van der Waals surface area contributed by atoms with Gasteiger partial charge >= 0.3 is 12.0 Å². The van der Waals surface area contributed by atoms with Crippen molar-refractivity contribution < 1.29 is 19.4 Å². The van der Waals surface area contributed by atoms with Crippen LogP contribution in [0.4, 0.5) is 10.5 Å². The molecule has 0 unspecified atom stereocenters. The monoisotopic (exact) mass is 294 g/mol. The van der Waals surface area contributed by atoms with Crippen molar-refractivity contribution in [1.82, 2.24) is 5.32 Å². The van der Waals surface area contributed by atoms with E-state index >= 15 is 0 Å². The van der Waals surface area contributed by atoms with E-state index in [9.17, 15) is 9.59 Å². The van der Waals surface area contributed by atoms with Crippen LogP contribution in [0.15, 0.2) is 24.3 Å². The first-order valence-electron chi connectivity index (χ1n) is 7.12. The molecule has 0 aromatic heterocycles. The Morgan fingerprint density at radius 1 is 1.19 bits per heavy atom. The van der Waals surface area contributed by atoms with Gasteiger partial charge in [-0.25, -0.2) is 4.79 Å². The van der Waals surface area contributed by atoms with Crippen molar-refractivity contribution in [2.45, 2.75) is 32.6 Å². The maximum absolute atomic E-state index is 11.7. The first kappa shape index (κ1) is 16.8. The van der Waals surface area contributed by atoms with Crippen LogP contribution in [0.5, 0.6) is 5.75 Å². The summed E-state index contributed by atoms with van der Waals surface area (Å²) in [6.07, 6.45) is 2.34. The van der Waals surface area contributed by atoms with Gasteiger partial charge in [0, 0.05) is 13.0 Å². The number of aliphatic carboxylic acids is 1. The second-order valence-corrected chi connectivity index (χ2v) is 4.51. The lowest BCUT2D eigenvalue weighted by Gasteiger charge is -2.11. The third-order valence-corrected chi connectivity index (χ3v) is 2.79. The van der Waals surface area contributed by atoms with Gasteiger partial charge in [-0.2, -0.15) is 0 Å². The molecular weight excluding hydrogens is 272 g/mol. The van der Waals surface area contributed by atoms with Crippen LogP contribution in [-0.2, 0) is 4.79 Å². The summed E-state index contributed by atoms with van der Waals surface area (Å²) in [5.74, 6) is -0.148. The van der Waals surface area contributed by atoms with Gasteiger partial charge in [-0.3, -0.25) is 4.79 Å². The highest BCUT2D eigenvalue weighted by atomic mass is 16.5. The van der Waals surface area contributed by atoms with Crippen molar-refractivity contribution in [1.29, 1.82) is 0 Å². The van der Waals surface area contributed by atoms with Crippen LogP contribution in [0.1, 0.15) is 32.6 Å². The Hall–Kier alpha value is -2.24. The molecule has 1 aromatic carbocycles. The Bertz CT molecular complexity index is 463. The predicted octanol–water partition coefficient (Wildman–Crippen LogP) is 2.85. The van der Waals surface area contributed by atoms with E-state index in [1.54, 1.807) is 12.1 Å². The van der Waals surface area contributed by atoms with Crippen LogP contribution in [0.25, 0.3) is 0 Å². The van der Waals surface area contributed by atoms with Gasteiger partial charge in [0.1, 0.15) is 5.75 Å². The molecule has 0 saturated heterocycles. The Labute approximate surface area is 124 Å². The van der Waals surface area contributed by atoms with E-state index in [0.29, 0.717) is 31.0 Å². The summed E-state index contributed by atoms with van der Waals surface area (Å²) in [4.78, 5) is 22.1. The lowest BCUT2D eigenvalue weighted by atomic mass is 10.2. The molecule has 6 nitrogen and oxygen atoms in total. The van der Waals surface area contributed by atoms with Crippen molar-refractivity contribution in [2.75, 3.05) is 18.5 Å². The standard InChI is InChI=1S/C15H22N2O4/c1-2-21-13-9-6-5-8-12(13)17-15(20)16-11-7-3-4-10-14(18)19/h5-6,8-9H,2-4,7,10-11H2,1H3,(H,18,19)(H2,16,17,20). The number of benzene rings is 1. The molecule has 1 aromatic rings. The summed E-state index contributed by atoms with van der Waals surface area (Å²) in [6.45, 7) is 2.93. The lowest BCUT2D eigenvalue weighted by Crippen LogP contribution is -2.29. The Balaban J connectivity index is 2.26. The first-order valence-corrected chi connectivity index (χ1v) is 7.12. The zero-order valence-corrected chi connectivity index (χ0v) is 12.2. The van der Waals surface area contributed by atoms with Crippen LogP contribution in [-0.4, -0.2) is 30.3 Å². The SMILES string of the molecule is CCOc1ccccc1NC(=O)NCCCCCC(=O)O. The van der Waals surface area contributed by atoms with E-state index in [1.165, 1.54) is 0 Å². The second-order valence-electron chi connectivity index (χ2n) is 4.51. The minimum atomic E-state index is -0.784. The van der Waals surface area contributed by atoms with E-state index in [2.05, 4.69) is 10.6 Å². The third-order valence-electron chi connectivity index (χ3n) is 2.79. The van der Waals surface area contributed by atoms with Gasteiger partial charge in [-0.15, -0.1) is 0 Å². The molecule has 0 bridgehead atoms. The molecule has 3 N–H and O–H groups in total. The summed E-state index contributed by atoms with van der Waals surface area (Å²) < 4.78 is 5.42. The van der Waals surface area contributed by atoms with E-state index in [0.717, 1.165) is 12.8 Å². The molecule has 0 aliphatic heterocycles. The molecule has 116 valence electrons. The molecule has 0 radical (unpaired) electrons. The first-order chi connectivity index (χ1) is 10.1. The molecule has 0 spiro atoms. The van der Waals surface area contributed by atoms with Gasteiger partial charge in [0.2, 0.25) is 0 Å². The fourth-order valence-electron chi connectivity index (χ4n) is 1.80. The average Bonchev–Trinajstić information content (AvgIpc) is 2.45. The minimum Gasteiger partial charge on any atom is -0.492 e. The van der Waals surface area contributed by atoms with Crippen LogP contribution < -0.4 is 15.4 Å². The van der Waals surface area contributed by atoms with Crippen molar-refractivity contribution in [3.05, 3.63) is 24.3 Å². The van der Waals surface area contributed by atoms with Gasteiger partial charge in [0.15, 0.2) is 0 Å². The number of amides is 2. The molecule has 6 heteroatoms. The topological polar surface area (TPSA) is 87.7 Å². The quantitative estimate of drug-likeness (QED) is 0.611. The Morgan fingerprint density at radius 2 is 1.95 bits per heavy atom. The van der Waals surface area contributed by atoms with Crippen LogP contribution >= 0.6 is 0 Å². The van der Waals surface area contributed by atoms with Crippen LogP contribution in [0.3, 0.4) is 0 Å².